The Balaban J connectivity index is 2.37. The molecule has 1 aliphatic rings. The van der Waals surface area contributed by atoms with Crippen molar-refractivity contribution in [2.24, 2.45) is 0 Å². The number of hydrogen-bond donors (Lipinski definition) is 0. The predicted octanol–water partition coefficient (Wildman–Crippen LogP) is 3.32. The Kier molecular flexibility index (Phi) is 3.10. The molecule has 1 nitrogen and oxygen atoms in total. The summed E-state index contributed by atoms with van der Waals surface area (Å²) in [4.78, 5) is 2.37. The maximum Gasteiger partial charge on any atom is 0.0399 e. The van der Waals surface area contributed by atoms with Crippen LogP contribution < -0.4 is 0 Å². The Morgan fingerprint density at radius 2 is 2.13 bits per heavy atom. The molecule has 0 N–H and O–H groups in total. The summed E-state index contributed by atoms with van der Waals surface area (Å²) in [5, 5.41) is 0. The van der Waals surface area contributed by atoms with E-state index in [9.17, 15) is 0 Å². The third-order valence-electron chi connectivity index (χ3n) is 3.05. The smallest absolute Gasteiger partial charge is 0.0399 e. The topological polar surface area (TPSA) is 3.24 Å². The van der Waals surface area contributed by atoms with Gasteiger partial charge in [-0.25, -0.2) is 0 Å². The number of rotatable bonds is 2. The van der Waals surface area contributed by atoms with Gasteiger partial charge in [0.2, 0.25) is 0 Å². The van der Waals surface area contributed by atoms with Gasteiger partial charge < -0.3 is 4.90 Å². The predicted molar refractivity (Wildman–Crippen MR) is 65.7 cm³/mol. The zero-order valence-electron chi connectivity index (χ0n) is 9.66. The van der Waals surface area contributed by atoms with E-state index in [-0.39, 0.29) is 0 Å². The van der Waals surface area contributed by atoms with Gasteiger partial charge in [-0.15, -0.1) is 0 Å². The average Bonchev–Trinajstić information content (AvgIpc) is 2.28. The summed E-state index contributed by atoms with van der Waals surface area (Å²) in [7, 11) is 2.19. The first-order valence-corrected chi connectivity index (χ1v) is 5.82. The van der Waals surface area contributed by atoms with Crippen molar-refractivity contribution in [3.8, 4) is 0 Å². The highest BCUT2D eigenvalue weighted by molar-refractivity contribution is 5.68. The maximum atomic E-state index is 2.37. The van der Waals surface area contributed by atoms with Gasteiger partial charge in [0.1, 0.15) is 0 Å². The van der Waals surface area contributed by atoms with Crippen LogP contribution >= 0.6 is 0 Å². The molecule has 15 heavy (non-hydrogen) atoms. The minimum atomic E-state index is 1.15. The number of benzene rings is 1. The second-order valence-corrected chi connectivity index (χ2v) is 4.21. The van der Waals surface area contributed by atoms with Crippen molar-refractivity contribution in [3.05, 3.63) is 41.5 Å². The van der Waals surface area contributed by atoms with Gasteiger partial charge in [0.15, 0.2) is 0 Å². The molecule has 1 heterocycles. The van der Waals surface area contributed by atoms with E-state index in [2.05, 4.69) is 49.2 Å². The minimum Gasteiger partial charge on any atom is -0.374 e. The monoisotopic (exact) mass is 201 g/mol. The van der Waals surface area contributed by atoms with Crippen LogP contribution in [0, 0.1) is 0 Å². The number of likely N-dealkylation sites (N-methyl/N-ethyl adjacent to an activating group) is 1. The van der Waals surface area contributed by atoms with E-state index in [1.54, 1.807) is 0 Å². The molecule has 0 saturated heterocycles. The van der Waals surface area contributed by atoms with Crippen molar-refractivity contribution >= 4 is 5.70 Å². The van der Waals surface area contributed by atoms with Crippen LogP contribution in [0.1, 0.15) is 30.9 Å². The Morgan fingerprint density at radius 1 is 1.33 bits per heavy atom. The lowest BCUT2D eigenvalue weighted by molar-refractivity contribution is 0.467. The van der Waals surface area contributed by atoms with E-state index in [0.29, 0.717) is 0 Å². The molecule has 0 amide bonds. The Morgan fingerprint density at radius 3 is 2.93 bits per heavy atom. The normalized spacial score (nSPS) is 18.0. The van der Waals surface area contributed by atoms with Crippen molar-refractivity contribution in [2.75, 3.05) is 13.6 Å². The summed E-state index contributed by atoms with van der Waals surface area (Å²) in [5.41, 5.74) is 4.34. The van der Waals surface area contributed by atoms with E-state index in [0.717, 1.165) is 6.54 Å². The first kappa shape index (κ1) is 10.3. The molecule has 0 unspecified atom stereocenters. The van der Waals surface area contributed by atoms with Crippen LogP contribution in [0.15, 0.2) is 30.3 Å². The summed E-state index contributed by atoms with van der Waals surface area (Å²) in [6, 6.07) is 8.77. The quantitative estimate of drug-likeness (QED) is 0.709. The SMILES string of the molecule is CCC/C=C1/c2ccccc2CCN1C. The van der Waals surface area contributed by atoms with Crippen LogP contribution in [0.3, 0.4) is 0 Å². The standard InChI is InChI=1S/C14H19N/c1-3-4-9-14-13-8-6-5-7-12(13)10-11-15(14)2/h5-9H,3-4,10-11H2,1-2H3/b14-9-. The van der Waals surface area contributed by atoms with Gasteiger partial charge in [-0.3, -0.25) is 0 Å². The molecule has 0 atom stereocenters. The third-order valence-corrected chi connectivity index (χ3v) is 3.05. The van der Waals surface area contributed by atoms with E-state index >= 15 is 0 Å². The molecular weight excluding hydrogens is 182 g/mol. The molecule has 1 aromatic carbocycles. The number of hydrogen-bond acceptors (Lipinski definition) is 1. The summed E-state index contributed by atoms with van der Waals surface area (Å²) in [6.07, 6.45) is 5.95. The number of unbranched alkanes of at least 4 members (excludes halogenated alkanes) is 1. The van der Waals surface area contributed by atoms with Crippen molar-refractivity contribution in [1.82, 2.24) is 4.90 Å². The highest BCUT2D eigenvalue weighted by Gasteiger charge is 2.16. The molecular formula is C14H19N. The van der Waals surface area contributed by atoms with E-state index in [1.807, 2.05) is 0 Å². The molecule has 0 spiro atoms. The summed E-state index contributed by atoms with van der Waals surface area (Å²) >= 11 is 0. The molecule has 2 rings (SSSR count). The maximum absolute atomic E-state index is 2.37. The van der Waals surface area contributed by atoms with Crippen molar-refractivity contribution in [2.45, 2.75) is 26.2 Å². The molecule has 0 fully saturated rings. The number of fused-ring (bicyclic) bond motifs is 1. The van der Waals surface area contributed by atoms with Gasteiger partial charge >= 0.3 is 0 Å². The molecule has 1 heteroatoms. The van der Waals surface area contributed by atoms with E-state index in [1.165, 1.54) is 36.1 Å². The Bertz CT molecular complexity index is 365. The highest BCUT2D eigenvalue weighted by Crippen LogP contribution is 2.27. The molecule has 0 radical (unpaired) electrons. The largest absolute Gasteiger partial charge is 0.374 e. The van der Waals surface area contributed by atoms with Crippen LogP contribution in [0.25, 0.3) is 5.70 Å². The van der Waals surface area contributed by atoms with Crippen molar-refractivity contribution < 1.29 is 0 Å². The van der Waals surface area contributed by atoms with Crippen LogP contribution in [0.4, 0.5) is 0 Å². The summed E-state index contributed by atoms with van der Waals surface area (Å²) < 4.78 is 0. The second kappa shape index (κ2) is 4.52. The number of nitrogens with zero attached hydrogens (tertiary/aromatic N) is 1. The molecule has 80 valence electrons. The lowest BCUT2D eigenvalue weighted by atomic mass is 9.96. The van der Waals surface area contributed by atoms with E-state index in [4.69, 9.17) is 0 Å². The zero-order valence-corrected chi connectivity index (χ0v) is 9.66. The first-order chi connectivity index (χ1) is 7.33. The molecule has 0 aliphatic carbocycles. The van der Waals surface area contributed by atoms with Gasteiger partial charge in [-0.1, -0.05) is 43.7 Å². The van der Waals surface area contributed by atoms with Crippen LogP contribution in [0.5, 0.6) is 0 Å². The third kappa shape index (κ3) is 2.06. The summed E-state index contributed by atoms with van der Waals surface area (Å²) in [5.74, 6) is 0. The highest BCUT2D eigenvalue weighted by atomic mass is 15.1. The molecule has 1 aliphatic heterocycles. The van der Waals surface area contributed by atoms with Crippen molar-refractivity contribution in [3.63, 3.8) is 0 Å². The first-order valence-electron chi connectivity index (χ1n) is 5.82. The average molecular weight is 201 g/mol. The fourth-order valence-electron chi connectivity index (χ4n) is 2.15. The van der Waals surface area contributed by atoms with Crippen LogP contribution in [0.2, 0.25) is 0 Å². The van der Waals surface area contributed by atoms with Gasteiger partial charge in [-0.2, -0.15) is 0 Å². The van der Waals surface area contributed by atoms with Gasteiger partial charge in [-0.05, 0) is 18.4 Å². The fourth-order valence-corrected chi connectivity index (χ4v) is 2.15. The van der Waals surface area contributed by atoms with Crippen molar-refractivity contribution in [1.29, 1.82) is 0 Å². The van der Waals surface area contributed by atoms with E-state index < -0.39 is 0 Å². The van der Waals surface area contributed by atoms with Gasteiger partial charge in [0, 0.05) is 24.9 Å². The molecule has 0 saturated carbocycles. The fraction of sp³-hybridized carbons (Fsp3) is 0.429. The van der Waals surface area contributed by atoms with Gasteiger partial charge in [0.05, 0.1) is 0 Å². The lowest BCUT2D eigenvalue weighted by Gasteiger charge is -2.30. The van der Waals surface area contributed by atoms with Crippen LogP contribution in [-0.4, -0.2) is 18.5 Å². The second-order valence-electron chi connectivity index (χ2n) is 4.21. The number of allylic oxidation sites excluding steroid dienone is 1. The zero-order chi connectivity index (χ0) is 10.7. The molecule has 0 aromatic heterocycles. The van der Waals surface area contributed by atoms with Crippen LogP contribution in [-0.2, 0) is 6.42 Å². The molecule has 1 aromatic rings. The lowest BCUT2D eigenvalue weighted by Crippen LogP contribution is -2.25. The Hall–Kier alpha value is -1.24. The minimum absolute atomic E-state index is 1.15. The molecule has 0 bridgehead atoms. The summed E-state index contributed by atoms with van der Waals surface area (Å²) in [6.45, 7) is 3.37. The van der Waals surface area contributed by atoms with Gasteiger partial charge in [0.25, 0.3) is 0 Å². The Labute approximate surface area is 92.4 Å².